The van der Waals surface area contributed by atoms with E-state index in [0.29, 0.717) is 5.41 Å². The molecule has 1 heteroatoms. The van der Waals surface area contributed by atoms with Gasteiger partial charge in [-0.1, -0.05) is 27.7 Å². The van der Waals surface area contributed by atoms with Crippen molar-refractivity contribution in [2.75, 3.05) is 13.1 Å². The molecule has 0 amide bonds. The lowest BCUT2D eigenvalue weighted by molar-refractivity contribution is 0.133. The van der Waals surface area contributed by atoms with Crippen molar-refractivity contribution in [2.24, 2.45) is 17.3 Å². The van der Waals surface area contributed by atoms with Crippen molar-refractivity contribution in [1.29, 1.82) is 0 Å². The Kier molecular flexibility index (Phi) is 4.43. The first-order valence-corrected chi connectivity index (χ1v) is 6.25. The van der Waals surface area contributed by atoms with Crippen molar-refractivity contribution < 1.29 is 0 Å². The van der Waals surface area contributed by atoms with Gasteiger partial charge in [0.1, 0.15) is 0 Å². The van der Waals surface area contributed by atoms with Crippen molar-refractivity contribution in [3.8, 4) is 0 Å². The Balaban J connectivity index is 2.57. The van der Waals surface area contributed by atoms with Gasteiger partial charge in [0, 0.05) is 6.54 Å². The number of hydrogen-bond donors (Lipinski definition) is 1. The molecule has 0 aromatic carbocycles. The van der Waals surface area contributed by atoms with Crippen molar-refractivity contribution in [3.05, 3.63) is 0 Å². The highest BCUT2D eigenvalue weighted by Crippen LogP contribution is 2.39. The summed E-state index contributed by atoms with van der Waals surface area (Å²) >= 11 is 0. The summed E-state index contributed by atoms with van der Waals surface area (Å²) in [5, 5.41) is 3.59. The summed E-state index contributed by atoms with van der Waals surface area (Å²) in [5.41, 5.74) is 0.612. The fourth-order valence-corrected chi connectivity index (χ4v) is 3.19. The molecule has 1 saturated heterocycles. The molecule has 1 N–H and O–H groups in total. The van der Waals surface area contributed by atoms with E-state index in [0.717, 1.165) is 11.8 Å². The Labute approximate surface area is 89.7 Å². The van der Waals surface area contributed by atoms with E-state index in [2.05, 4.69) is 33.0 Å². The molecule has 84 valence electrons. The van der Waals surface area contributed by atoms with Gasteiger partial charge in [-0.2, -0.15) is 0 Å². The highest BCUT2D eigenvalue weighted by atomic mass is 14.9. The fourth-order valence-electron chi connectivity index (χ4n) is 3.19. The van der Waals surface area contributed by atoms with Crippen LogP contribution in [0.5, 0.6) is 0 Å². The van der Waals surface area contributed by atoms with Crippen LogP contribution in [0.1, 0.15) is 53.4 Å². The third-order valence-corrected chi connectivity index (χ3v) is 3.24. The fraction of sp³-hybridized carbons (Fsp3) is 1.00. The van der Waals surface area contributed by atoms with Gasteiger partial charge in [-0.05, 0) is 49.5 Å². The summed E-state index contributed by atoms with van der Waals surface area (Å²) in [7, 11) is 0. The molecule has 1 heterocycles. The predicted octanol–water partition coefficient (Wildman–Crippen LogP) is 3.45. The molecule has 1 fully saturated rings. The van der Waals surface area contributed by atoms with Crippen LogP contribution in [-0.4, -0.2) is 13.1 Å². The zero-order chi connectivity index (χ0) is 10.6. The monoisotopic (exact) mass is 197 g/mol. The maximum Gasteiger partial charge on any atom is 0.000801 e. The maximum atomic E-state index is 3.59. The maximum absolute atomic E-state index is 3.59. The smallest absolute Gasteiger partial charge is 0.000801 e. The summed E-state index contributed by atoms with van der Waals surface area (Å²) in [6.07, 6.45) is 5.62. The van der Waals surface area contributed by atoms with Crippen LogP contribution in [-0.2, 0) is 0 Å². The first-order valence-electron chi connectivity index (χ1n) is 6.25. The van der Waals surface area contributed by atoms with Crippen LogP contribution in [0.3, 0.4) is 0 Å². The molecule has 1 aliphatic rings. The van der Waals surface area contributed by atoms with Crippen LogP contribution in [0.2, 0.25) is 0 Å². The minimum atomic E-state index is 0.612. The lowest BCUT2D eigenvalue weighted by Gasteiger charge is -2.40. The van der Waals surface area contributed by atoms with E-state index >= 15 is 0 Å². The van der Waals surface area contributed by atoms with Gasteiger partial charge in [-0.25, -0.2) is 0 Å². The molecule has 0 unspecified atom stereocenters. The van der Waals surface area contributed by atoms with Crippen molar-refractivity contribution in [2.45, 2.75) is 53.4 Å². The van der Waals surface area contributed by atoms with Crippen LogP contribution >= 0.6 is 0 Å². The van der Waals surface area contributed by atoms with Crippen LogP contribution in [0.15, 0.2) is 0 Å². The molecule has 0 bridgehead atoms. The first kappa shape index (κ1) is 12.0. The van der Waals surface area contributed by atoms with E-state index in [1.165, 1.54) is 38.8 Å². The minimum Gasteiger partial charge on any atom is -0.316 e. The van der Waals surface area contributed by atoms with Gasteiger partial charge in [0.05, 0.1) is 0 Å². The molecular weight excluding hydrogens is 170 g/mol. The van der Waals surface area contributed by atoms with E-state index in [-0.39, 0.29) is 0 Å². The minimum absolute atomic E-state index is 0.612. The molecule has 1 aliphatic heterocycles. The summed E-state index contributed by atoms with van der Waals surface area (Å²) in [6, 6.07) is 0. The lowest BCUT2D eigenvalue weighted by atomic mass is 9.70. The highest BCUT2D eigenvalue weighted by molar-refractivity contribution is 4.87. The Morgan fingerprint density at radius 2 is 1.64 bits per heavy atom. The molecule has 0 aliphatic carbocycles. The van der Waals surface area contributed by atoms with Gasteiger partial charge in [0.2, 0.25) is 0 Å². The molecule has 0 aromatic heterocycles. The number of hydrogen-bond acceptors (Lipinski definition) is 1. The van der Waals surface area contributed by atoms with Crippen molar-refractivity contribution in [3.63, 3.8) is 0 Å². The van der Waals surface area contributed by atoms with Crippen molar-refractivity contribution in [1.82, 2.24) is 5.32 Å². The summed E-state index contributed by atoms with van der Waals surface area (Å²) in [4.78, 5) is 0. The van der Waals surface area contributed by atoms with E-state index in [9.17, 15) is 0 Å². The molecule has 1 nitrogen and oxygen atoms in total. The number of nitrogens with one attached hydrogen (secondary N) is 1. The molecule has 0 saturated carbocycles. The van der Waals surface area contributed by atoms with Gasteiger partial charge in [-0.15, -0.1) is 0 Å². The largest absolute Gasteiger partial charge is 0.316 e. The number of piperidine rings is 1. The second kappa shape index (κ2) is 5.16. The zero-order valence-electron chi connectivity index (χ0n) is 10.4. The van der Waals surface area contributed by atoms with Gasteiger partial charge in [0.15, 0.2) is 0 Å². The van der Waals surface area contributed by atoms with Crippen LogP contribution in [0, 0.1) is 17.3 Å². The third kappa shape index (κ3) is 3.61. The summed E-state index contributed by atoms with van der Waals surface area (Å²) < 4.78 is 0. The molecule has 0 atom stereocenters. The average Bonchev–Trinajstić information content (AvgIpc) is 2.01. The van der Waals surface area contributed by atoms with Crippen molar-refractivity contribution >= 4 is 0 Å². The van der Waals surface area contributed by atoms with E-state index in [1.54, 1.807) is 0 Å². The first-order chi connectivity index (χ1) is 6.54. The Hall–Kier alpha value is -0.0400. The van der Waals surface area contributed by atoms with Gasteiger partial charge in [0.25, 0.3) is 0 Å². The van der Waals surface area contributed by atoms with E-state index < -0.39 is 0 Å². The Morgan fingerprint density at radius 3 is 2.00 bits per heavy atom. The molecular formula is C13H27N. The van der Waals surface area contributed by atoms with Crippen LogP contribution in [0.25, 0.3) is 0 Å². The Morgan fingerprint density at radius 1 is 1.07 bits per heavy atom. The van der Waals surface area contributed by atoms with Crippen LogP contribution in [0.4, 0.5) is 0 Å². The second-order valence-electron chi connectivity index (χ2n) is 5.98. The lowest BCUT2D eigenvalue weighted by Crippen LogP contribution is -2.41. The Bertz CT molecular complexity index is 143. The van der Waals surface area contributed by atoms with E-state index in [4.69, 9.17) is 0 Å². The summed E-state index contributed by atoms with van der Waals surface area (Å²) in [5.74, 6) is 1.68. The molecule has 14 heavy (non-hydrogen) atoms. The molecule has 0 aromatic rings. The highest BCUT2D eigenvalue weighted by Gasteiger charge is 2.32. The topological polar surface area (TPSA) is 12.0 Å². The predicted molar refractivity (Wildman–Crippen MR) is 63.4 cm³/mol. The second-order valence-corrected chi connectivity index (χ2v) is 5.98. The SMILES string of the molecule is CC(C)CC1(CC(C)C)CCCNC1. The standard InChI is InChI=1S/C13H27N/c1-11(2)8-13(9-12(3)4)6-5-7-14-10-13/h11-12,14H,5-10H2,1-4H3. The molecule has 0 radical (unpaired) electrons. The van der Waals surface area contributed by atoms with Crippen LogP contribution < -0.4 is 5.32 Å². The number of rotatable bonds is 4. The third-order valence-electron chi connectivity index (χ3n) is 3.24. The normalized spacial score (nSPS) is 21.9. The molecule has 1 rings (SSSR count). The van der Waals surface area contributed by atoms with E-state index in [1.807, 2.05) is 0 Å². The summed E-state index contributed by atoms with van der Waals surface area (Å²) in [6.45, 7) is 11.9. The molecule has 0 spiro atoms. The quantitative estimate of drug-likeness (QED) is 0.728. The average molecular weight is 197 g/mol. The van der Waals surface area contributed by atoms with Gasteiger partial charge < -0.3 is 5.32 Å². The van der Waals surface area contributed by atoms with Gasteiger partial charge in [-0.3, -0.25) is 0 Å². The zero-order valence-corrected chi connectivity index (χ0v) is 10.4. The van der Waals surface area contributed by atoms with Gasteiger partial charge >= 0.3 is 0 Å².